The lowest BCUT2D eigenvalue weighted by Crippen LogP contribution is -2.46. The molecule has 150 heavy (non-hydrogen) atoms. The molecule has 0 spiro atoms. The van der Waals surface area contributed by atoms with Crippen molar-refractivity contribution >= 4 is 117 Å². The van der Waals surface area contributed by atoms with E-state index in [9.17, 15) is 95.9 Å². The van der Waals surface area contributed by atoms with Crippen molar-refractivity contribution in [3.8, 4) is 0 Å². The van der Waals surface area contributed by atoms with Crippen molar-refractivity contribution in [3.05, 3.63) is 35.4 Å². The molecule has 0 radical (unpaired) electrons. The number of nitrogens with zero attached hydrogens (tertiary/aromatic N) is 1. The highest BCUT2D eigenvalue weighted by Crippen LogP contribution is 2.24. The molecule has 1 heterocycles. The Morgan fingerprint density at radius 2 is 0.600 bits per heavy atom. The van der Waals surface area contributed by atoms with Crippen LogP contribution in [0.1, 0.15) is 449 Å². The Morgan fingerprint density at radius 3 is 0.947 bits per heavy atom. The first kappa shape index (κ1) is 151. The summed E-state index contributed by atoms with van der Waals surface area (Å²) in [5.41, 5.74) is 11.8. The molecule has 1 aromatic carbocycles. The number of carbonyl (C=O) groups excluding carboxylic acids is 20. The van der Waals surface area contributed by atoms with Gasteiger partial charge in [-0.05, 0) is 151 Å². The number of hydrogen-bond donors (Lipinski definition) is 11. The molecule has 32 nitrogen and oxygen atoms in total. The molecular weight excluding hydrogens is 1910 g/mol. The summed E-state index contributed by atoms with van der Waals surface area (Å²) in [4.78, 5) is 234. The first-order chi connectivity index (χ1) is 69.1. The standard InChI is InChI=1S/C18H32N2O4.C18H26O2.C15H28N2O3.C14H26N2O3.C14H26N2O2.C14H28N2O2.C13H25NO2.C12H23NO2/c1-13(2)6-7-14(21)11-19-16(23)9-8-15(22)12-20-17(24)10-18(3,4)5;1-13(2)5-11-17(19)15-7-9-16(10-8-15)18(20)12-6-14(3)4;1-11(2)9-16-13(19)7-6-12(18)10-17-14(20)8-15(3,4)5;1-9(2)5-6-12(17)11(8-13(15)18)16-14(19)7-10(3)4;1-10(2)8-13(17)16-7-5-6-12(16)14(18)15-9-11(3)4;1-10(2)6-7-12(17)11(9-15)16-13(18)8-14(3,4)5;1-10(2)5-6-12(15)7-8-14-13(16)9-11(3)4;1-9(2)5-6-11(14)8-13-12(15)7-10(3)4/h13H,6-12H2,1-5H3,(H,19,23)(H,20,24);7-10,13-14H,5-6,11-12H2,1-4H3;11H,6-10H2,1-5H3,(H,16,19)(H,17,20);9-11H,5-8H2,1-4H3,(H2,15,18)(H,16,19);10-12H,5-9H2,1-4H3,(H,15,18);10-11H,6-9,15H2,1-5H3,(H,16,18);10-11H,5-9H2,1-4H3,(H,14,16);9-10H,5-8H2,1-4H3,(H,13,15)/t;;;;12-;;;/m....0.../s1. The van der Waals surface area contributed by atoms with E-state index in [4.69, 9.17) is 11.5 Å². The van der Waals surface area contributed by atoms with E-state index in [2.05, 4.69) is 131 Å². The molecule has 0 aliphatic carbocycles. The van der Waals surface area contributed by atoms with Crippen LogP contribution in [0.2, 0.25) is 0 Å². The van der Waals surface area contributed by atoms with Crippen LogP contribution in [0.25, 0.3) is 0 Å². The summed E-state index contributed by atoms with van der Waals surface area (Å²) in [6, 6.07) is 5.59. The number of Topliss-reactive ketones (excluding diaryl/α,β-unsaturated/α-hetero) is 9. The molecule has 3 atom stereocenters. The SMILES string of the molecule is CC(C)CCC(=O)C(CC(N)=O)NC(=O)CC(C)C.CC(C)CCC(=O)C(CN)NC(=O)CC(C)(C)C.CC(C)CCC(=O)CCNC(=O)CC(C)C.CC(C)CCC(=O)CNC(=O)CC(C)C.CC(C)CCC(=O)CNC(=O)CCC(=O)CNC(=O)CC(C)(C)C.CC(C)CCC(=O)c1ccc(C(=O)CCC(C)C)cc1.CC(C)CNC(=O)CCC(=O)CNC(=O)CC(C)(C)C.CC(C)CNC(=O)[C@@H]1CCCN1C(=O)CC(C)C. The zero-order chi connectivity index (χ0) is 117. The predicted octanol–water partition coefficient (Wildman–Crippen LogP) is 18.4. The van der Waals surface area contributed by atoms with Gasteiger partial charge in [0, 0.05) is 166 Å². The molecule has 1 aliphatic heterocycles. The summed E-state index contributed by atoms with van der Waals surface area (Å²) in [5, 5.41) is 24.1. The molecule has 1 saturated heterocycles. The molecule has 2 unspecified atom stereocenters. The van der Waals surface area contributed by atoms with Crippen molar-refractivity contribution in [1.82, 2.24) is 52.8 Å². The number of primary amides is 1. The Hall–Kier alpha value is -9.62. The highest BCUT2D eigenvalue weighted by molar-refractivity contribution is 6.00. The number of nitrogens with one attached hydrogen (secondary N) is 9. The topological polar surface area (TPSA) is 505 Å². The van der Waals surface area contributed by atoms with Crippen molar-refractivity contribution in [2.24, 2.45) is 105 Å². The summed E-state index contributed by atoms with van der Waals surface area (Å²) in [6.07, 6.45) is 15.3. The van der Waals surface area contributed by atoms with Crippen LogP contribution in [0, 0.1) is 93.2 Å². The average molecular weight is 2120 g/mol. The summed E-state index contributed by atoms with van der Waals surface area (Å²) in [6.45, 7) is 73.7. The summed E-state index contributed by atoms with van der Waals surface area (Å²) >= 11 is 0. The van der Waals surface area contributed by atoms with E-state index in [0.29, 0.717) is 198 Å². The van der Waals surface area contributed by atoms with E-state index in [1.165, 1.54) is 0 Å². The molecule has 1 aliphatic rings. The molecule has 2 rings (SSSR count). The summed E-state index contributed by atoms with van der Waals surface area (Å²) in [7, 11) is 0. The maximum atomic E-state index is 12.1. The number of rotatable bonds is 63. The van der Waals surface area contributed by atoms with E-state index in [0.717, 1.165) is 64.3 Å². The van der Waals surface area contributed by atoms with Crippen molar-refractivity contribution in [2.75, 3.05) is 58.9 Å². The molecular formula is C118H214N12O20. The van der Waals surface area contributed by atoms with Crippen LogP contribution in [-0.4, -0.2) is 199 Å². The zero-order valence-electron chi connectivity index (χ0n) is 100. The molecule has 0 bridgehead atoms. The van der Waals surface area contributed by atoms with E-state index >= 15 is 0 Å². The Bertz CT molecular complexity index is 4060. The summed E-state index contributed by atoms with van der Waals surface area (Å²) in [5.74, 6) is 4.47. The van der Waals surface area contributed by atoms with Gasteiger partial charge in [-0.1, -0.05) is 267 Å². The number of likely N-dealkylation sites (tertiary alicyclic amines) is 1. The number of amides is 11. The third kappa shape index (κ3) is 102. The third-order valence-corrected chi connectivity index (χ3v) is 22.1. The van der Waals surface area contributed by atoms with Crippen molar-refractivity contribution < 1.29 is 95.9 Å². The van der Waals surface area contributed by atoms with E-state index in [1.807, 2.05) is 159 Å². The van der Waals surface area contributed by atoms with Crippen LogP contribution in [-0.2, 0) is 86.3 Å². The number of carbonyl (C=O) groups is 20. The van der Waals surface area contributed by atoms with Crippen molar-refractivity contribution in [2.45, 2.75) is 447 Å². The number of benzene rings is 1. The number of hydrogen-bond acceptors (Lipinski definition) is 21. The lowest BCUT2D eigenvalue weighted by atomic mass is 9.91. The van der Waals surface area contributed by atoms with Crippen LogP contribution in [0.5, 0.6) is 0 Å². The van der Waals surface area contributed by atoms with Crippen LogP contribution >= 0.6 is 0 Å². The fourth-order valence-corrected chi connectivity index (χ4v) is 13.4. The van der Waals surface area contributed by atoms with Gasteiger partial charge >= 0.3 is 0 Å². The van der Waals surface area contributed by atoms with Gasteiger partial charge in [0.2, 0.25) is 65.0 Å². The third-order valence-electron chi connectivity index (χ3n) is 22.1. The largest absolute Gasteiger partial charge is 0.370 e. The van der Waals surface area contributed by atoms with E-state index in [1.54, 1.807) is 29.2 Å². The Labute approximate surface area is 906 Å². The first-order valence-electron chi connectivity index (χ1n) is 55.7. The Morgan fingerprint density at radius 1 is 0.300 bits per heavy atom. The average Bonchev–Trinajstić information content (AvgIpc) is 1.72. The number of ketones is 9. The lowest BCUT2D eigenvalue weighted by molar-refractivity contribution is -0.139. The second kappa shape index (κ2) is 85.8. The Balaban J connectivity index is -0.000000396. The molecule has 13 N–H and O–H groups in total. The predicted molar refractivity (Wildman–Crippen MR) is 604 cm³/mol. The fraction of sp³-hybridized carbons (Fsp3) is 0.780. The normalized spacial score (nSPS) is 12.6. The maximum absolute atomic E-state index is 12.1. The van der Waals surface area contributed by atoms with E-state index in [-0.39, 0.29) is 204 Å². The second-order valence-electron chi connectivity index (χ2n) is 49.1. The fourth-order valence-electron chi connectivity index (χ4n) is 13.4. The molecule has 1 fully saturated rings. The van der Waals surface area contributed by atoms with Gasteiger partial charge < -0.3 is 64.2 Å². The first-order valence-corrected chi connectivity index (χ1v) is 55.7. The summed E-state index contributed by atoms with van der Waals surface area (Å²) < 4.78 is 0. The van der Waals surface area contributed by atoms with Gasteiger partial charge in [0.1, 0.15) is 11.8 Å². The van der Waals surface area contributed by atoms with Gasteiger partial charge in [0.25, 0.3) is 0 Å². The van der Waals surface area contributed by atoms with Crippen molar-refractivity contribution in [3.63, 3.8) is 0 Å². The van der Waals surface area contributed by atoms with Gasteiger partial charge in [0.05, 0.1) is 44.7 Å². The van der Waals surface area contributed by atoms with Gasteiger partial charge in [-0.3, -0.25) is 95.9 Å². The van der Waals surface area contributed by atoms with Crippen LogP contribution in [0.15, 0.2) is 24.3 Å². The molecule has 866 valence electrons. The smallest absolute Gasteiger partial charge is 0.242 e. The minimum atomic E-state index is -0.775. The monoisotopic (exact) mass is 2120 g/mol. The van der Waals surface area contributed by atoms with Crippen LogP contribution < -0.4 is 59.3 Å². The lowest BCUT2D eigenvalue weighted by Gasteiger charge is -2.25. The quantitative estimate of drug-likeness (QED) is 0.0270. The Kier molecular flexibility index (Phi) is 86.4. The van der Waals surface area contributed by atoms with Crippen molar-refractivity contribution in [1.29, 1.82) is 0 Å². The van der Waals surface area contributed by atoms with Gasteiger partial charge in [-0.15, -0.1) is 0 Å². The molecule has 32 heteroatoms. The minimum absolute atomic E-state index is 0.00202. The highest BCUT2D eigenvalue weighted by atomic mass is 16.2. The van der Waals surface area contributed by atoms with Gasteiger partial charge in [-0.2, -0.15) is 0 Å². The minimum Gasteiger partial charge on any atom is -0.370 e. The molecule has 1 aromatic rings. The van der Waals surface area contributed by atoms with Crippen LogP contribution in [0.4, 0.5) is 0 Å². The van der Waals surface area contributed by atoms with Crippen LogP contribution in [0.3, 0.4) is 0 Å². The molecule has 0 saturated carbocycles. The highest BCUT2D eigenvalue weighted by Gasteiger charge is 2.35. The number of nitrogens with two attached hydrogens (primary N) is 2. The maximum Gasteiger partial charge on any atom is 0.242 e. The molecule has 0 aromatic heterocycles. The van der Waals surface area contributed by atoms with Gasteiger partial charge in [-0.25, -0.2) is 0 Å². The second-order valence-corrected chi connectivity index (χ2v) is 49.1. The van der Waals surface area contributed by atoms with Gasteiger partial charge in [0.15, 0.2) is 46.3 Å². The molecule has 11 amide bonds. The van der Waals surface area contributed by atoms with E-state index < -0.39 is 18.0 Å². The zero-order valence-corrected chi connectivity index (χ0v) is 100.